The van der Waals surface area contributed by atoms with Crippen molar-refractivity contribution < 1.29 is 19.8 Å². The summed E-state index contributed by atoms with van der Waals surface area (Å²) in [6.07, 6.45) is 6.32. The summed E-state index contributed by atoms with van der Waals surface area (Å²) in [5, 5.41) is 23.4. The monoisotopic (exact) mass is 268 g/mol. The van der Waals surface area contributed by atoms with Crippen molar-refractivity contribution in [2.45, 2.75) is 26.4 Å². The van der Waals surface area contributed by atoms with Gasteiger partial charge in [-0.3, -0.25) is 9.59 Å². The van der Waals surface area contributed by atoms with Crippen molar-refractivity contribution in [3.8, 4) is 12.3 Å². The first-order valence-corrected chi connectivity index (χ1v) is 5.82. The maximum atomic E-state index is 11.5. The van der Waals surface area contributed by atoms with Gasteiger partial charge in [-0.25, -0.2) is 0 Å². The molecule has 0 spiro atoms. The third-order valence-corrected chi connectivity index (χ3v) is 2.42. The molecule has 1 unspecified atom stereocenters. The second-order valence-corrected chi connectivity index (χ2v) is 4.64. The molecule has 0 aromatic rings. The number of aliphatic hydroxyl groups is 2. The summed E-state index contributed by atoms with van der Waals surface area (Å²) in [5.41, 5.74) is -0.951. The Labute approximate surface area is 112 Å². The van der Waals surface area contributed by atoms with Crippen molar-refractivity contribution in [1.29, 1.82) is 0 Å². The molecule has 0 aromatic carbocycles. The minimum absolute atomic E-state index is 0.335. The van der Waals surface area contributed by atoms with Crippen LogP contribution in [0, 0.1) is 17.8 Å². The molecule has 19 heavy (non-hydrogen) atoms. The van der Waals surface area contributed by atoms with Crippen molar-refractivity contribution in [3.05, 3.63) is 12.3 Å². The molecule has 0 radical (unpaired) electrons. The zero-order valence-electron chi connectivity index (χ0n) is 11.1. The van der Waals surface area contributed by atoms with E-state index in [1.165, 1.54) is 0 Å². The fourth-order valence-corrected chi connectivity index (χ4v) is 1.04. The van der Waals surface area contributed by atoms with Gasteiger partial charge in [0.1, 0.15) is 6.10 Å². The summed E-state index contributed by atoms with van der Waals surface area (Å²) in [5.74, 6) is 1.29. The van der Waals surface area contributed by atoms with Crippen molar-refractivity contribution in [1.82, 2.24) is 10.6 Å². The first-order chi connectivity index (χ1) is 8.85. The highest BCUT2D eigenvalue weighted by Gasteiger charge is 2.32. The van der Waals surface area contributed by atoms with Crippen LogP contribution in [0.1, 0.15) is 20.3 Å². The molecule has 4 N–H and O–H groups in total. The fourth-order valence-electron chi connectivity index (χ4n) is 1.04. The summed E-state index contributed by atoms with van der Waals surface area (Å²) in [7, 11) is 0. The number of hydrogen-bond donors (Lipinski definition) is 4. The summed E-state index contributed by atoms with van der Waals surface area (Å²) < 4.78 is 0. The molecule has 106 valence electrons. The van der Waals surface area contributed by atoms with Crippen molar-refractivity contribution >= 4 is 11.8 Å². The second kappa shape index (κ2) is 8.29. The Morgan fingerprint density at radius 3 is 2.63 bits per heavy atom. The third-order valence-electron chi connectivity index (χ3n) is 2.42. The lowest BCUT2D eigenvalue weighted by molar-refractivity contribution is -0.136. The lowest BCUT2D eigenvalue weighted by atomic mass is 9.87. The van der Waals surface area contributed by atoms with Gasteiger partial charge in [-0.05, 0) is 0 Å². The van der Waals surface area contributed by atoms with Gasteiger partial charge in [-0.1, -0.05) is 13.8 Å². The quantitative estimate of drug-likeness (QED) is 0.274. The van der Waals surface area contributed by atoms with E-state index in [0.717, 1.165) is 12.3 Å². The largest absolute Gasteiger partial charge is 0.396 e. The average molecular weight is 268 g/mol. The maximum Gasteiger partial charge on any atom is 0.253 e. The summed E-state index contributed by atoms with van der Waals surface area (Å²) in [4.78, 5) is 22.7. The van der Waals surface area contributed by atoms with Crippen LogP contribution in [0.25, 0.3) is 0 Å². The Balaban J connectivity index is 4.16. The minimum Gasteiger partial charge on any atom is -0.396 e. The number of carbonyl (C=O) groups excluding carboxylic acids is 2. The van der Waals surface area contributed by atoms with Gasteiger partial charge in [0.2, 0.25) is 5.91 Å². The molecule has 1 atom stereocenters. The van der Waals surface area contributed by atoms with Crippen LogP contribution in [0.2, 0.25) is 0 Å². The Kier molecular flexibility index (Phi) is 7.49. The molecule has 2 amide bonds. The highest BCUT2D eigenvalue weighted by molar-refractivity contribution is 5.89. The fraction of sp³-hybridized carbons (Fsp3) is 0.538. The van der Waals surface area contributed by atoms with E-state index in [-0.39, 0.29) is 6.61 Å². The Morgan fingerprint density at radius 2 is 2.11 bits per heavy atom. The molecule has 0 aromatic heterocycles. The van der Waals surface area contributed by atoms with Crippen LogP contribution in [0.3, 0.4) is 0 Å². The van der Waals surface area contributed by atoms with E-state index in [1.807, 2.05) is 0 Å². The van der Waals surface area contributed by atoms with Crippen LogP contribution in [-0.2, 0) is 9.59 Å². The molecular formula is C13H20N2O4. The molecular weight excluding hydrogens is 248 g/mol. The third kappa shape index (κ3) is 6.60. The van der Waals surface area contributed by atoms with Gasteiger partial charge < -0.3 is 20.8 Å². The molecule has 6 heteroatoms. The number of aliphatic hydroxyl groups excluding tert-OH is 2. The van der Waals surface area contributed by atoms with E-state index in [0.29, 0.717) is 13.0 Å². The number of nitrogens with one attached hydrogen (secondary N) is 2. The van der Waals surface area contributed by atoms with Crippen LogP contribution >= 0.6 is 0 Å². The van der Waals surface area contributed by atoms with Crippen LogP contribution < -0.4 is 10.6 Å². The molecule has 0 heterocycles. The van der Waals surface area contributed by atoms with Gasteiger partial charge in [0.05, 0.1) is 6.61 Å². The van der Waals surface area contributed by atoms with Crippen LogP contribution in [0.5, 0.6) is 0 Å². The number of terminal acetylenes is 1. The van der Waals surface area contributed by atoms with Crippen molar-refractivity contribution in [2.75, 3.05) is 13.2 Å². The van der Waals surface area contributed by atoms with E-state index >= 15 is 0 Å². The highest BCUT2D eigenvalue weighted by atomic mass is 16.3. The summed E-state index contributed by atoms with van der Waals surface area (Å²) >= 11 is 0. The van der Waals surface area contributed by atoms with E-state index in [4.69, 9.17) is 11.5 Å². The molecule has 0 aliphatic rings. The number of hydrogen-bond acceptors (Lipinski definition) is 4. The molecule has 0 bridgehead atoms. The Morgan fingerprint density at radius 1 is 1.47 bits per heavy atom. The topological polar surface area (TPSA) is 98.7 Å². The minimum atomic E-state index is -1.37. The molecule has 0 fully saturated rings. The average Bonchev–Trinajstić information content (AvgIpc) is 2.38. The molecule has 0 aliphatic carbocycles. The first kappa shape index (κ1) is 17.2. The molecule has 0 saturated heterocycles. The molecule has 0 saturated carbocycles. The predicted octanol–water partition coefficient (Wildman–Crippen LogP) is -0.865. The van der Waals surface area contributed by atoms with Crippen molar-refractivity contribution in [2.24, 2.45) is 5.41 Å². The number of amides is 2. The van der Waals surface area contributed by atoms with Gasteiger partial charge in [0.25, 0.3) is 5.91 Å². The number of rotatable bonds is 7. The van der Waals surface area contributed by atoms with Gasteiger partial charge >= 0.3 is 0 Å². The zero-order valence-corrected chi connectivity index (χ0v) is 11.1. The van der Waals surface area contributed by atoms with Crippen molar-refractivity contribution in [3.63, 3.8) is 0 Å². The molecule has 0 rings (SSSR count). The predicted molar refractivity (Wildman–Crippen MR) is 70.6 cm³/mol. The second-order valence-electron chi connectivity index (χ2n) is 4.64. The van der Waals surface area contributed by atoms with E-state index in [2.05, 4.69) is 16.6 Å². The lowest BCUT2D eigenvalue weighted by Crippen LogP contribution is -2.44. The number of carbonyl (C=O) groups is 2. The lowest BCUT2D eigenvalue weighted by Gasteiger charge is -2.26. The van der Waals surface area contributed by atoms with Gasteiger partial charge in [0.15, 0.2) is 0 Å². The Bertz CT molecular complexity index is 383. The SMILES string of the molecule is C#CCCNC(=O)/C=C/NC(=O)C(O)C(C)(C)CO. The van der Waals surface area contributed by atoms with Gasteiger partial charge in [-0.15, -0.1) is 12.3 Å². The summed E-state index contributed by atoms with van der Waals surface area (Å²) in [6.45, 7) is 3.12. The first-order valence-electron chi connectivity index (χ1n) is 5.82. The van der Waals surface area contributed by atoms with E-state index < -0.39 is 23.3 Å². The van der Waals surface area contributed by atoms with Gasteiger partial charge in [0, 0.05) is 30.7 Å². The standard InChI is InChI=1S/C13H20N2O4/c1-4-5-7-14-10(17)6-8-15-12(19)11(18)13(2,3)9-16/h1,6,8,11,16,18H,5,7,9H2,2-3H3,(H,14,17)(H,15,19)/b8-6+. The van der Waals surface area contributed by atoms with E-state index in [1.54, 1.807) is 13.8 Å². The highest BCUT2D eigenvalue weighted by Crippen LogP contribution is 2.19. The zero-order chi connectivity index (χ0) is 14.9. The Hall–Kier alpha value is -1.84. The smallest absolute Gasteiger partial charge is 0.253 e. The molecule has 0 aliphatic heterocycles. The van der Waals surface area contributed by atoms with E-state index in [9.17, 15) is 14.7 Å². The van der Waals surface area contributed by atoms with Crippen LogP contribution in [0.4, 0.5) is 0 Å². The summed E-state index contributed by atoms with van der Waals surface area (Å²) in [6, 6.07) is 0. The normalized spacial score (nSPS) is 12.8. The molecule has 6 nitrogen and oxygen atoms in total. The van der Waals surface area contributed by atoms with Gasteiger partial charge in [-0.2, -0.15) is 0 Å². The van der Waals surface area contributed by atoms with Crippen LogP contribution in [-0.4, -0.2) is 41.3 Å². The van der Waals surface area contributed by atoms with Crippen LogP contribution in [0.15, 0.2) is 12.3 Å². The maximum absolute atomic E-state index is 11.5.